The van der Waals surface area contributed by atoms with Crippen LogP contribution in [-0.4, -0.2) is 41.3 Å². The van der Waals surface area contributed by atoms with Crippen LogP contribution in [0.3, 0.4) is 0 Å². The summed E-state index contributed by atoms with van der Waals surface area (Å²) in [6, 6.07) is 6.60. The normalized spacial score (nSPS) is 31.3. The number of fused-ring (bicyclic) bond motifs is 1. The maximum atomic E-state index is 12.6. The van der Waals surface area contributed by atoms with E-state index >= 15 is 0 Å². The first kappa shape index (κ1) is 14.9. The molecule has 1 aromatic rings. The van der Waals surface area contributed by atoms with E-state index in [2.05, 4.69) is 0 Å². The SMILES string of the molecule is C[C@H]1C[C@@H](N2C(=O)c3ccccc3C2=O)[C@@H](C)O[C@H]1CC=O. The second-order valence-corrected chi connectivity index (χ2v) is 6.09. The van der Waals surface area contributed by atoms with Crippen LogP contribution in [0.5, 0.6) is 0 Å². The summed E-state index contributed by atoms with van der Waals surface area (Å²) < 4.78 is 5.88. The largest absolute Gasteiger partial charge is 0.372 e. The third-order valence-electron chi connectivity index (χ3n) is 4.66. The molecule has 2 heterocycles. The topological polar surface area (TPSA) is 63.7 Å². The molecule has 3 rings (SSSR count). The molecule has 1 saturated heterocycles. The van der Waals surface area contributed by atoms with Crippen molar-refractivity contribution in [3.63, 3.8) is 0 Å². The molecular formula is C17H19NO4. The van der Waals surface area contributed by atoms with Crippen molar-refractivity contribution < 1.29 is 19.1 Å². The molecule has 0 saturated carbocycles. The third-order valence-corrected chi connectivity index (χ3v) is 4.66. The molecule has 5 nitrogen and oxygen atoms in total. The molecule has 1 fully saturated rings. The van der Waals surface area contributed by atoms with Crippen LogP contribution in [-0.2, 0) is 9.53 Å². The Morgan fingerprint density at radius 1 is 1.18 bits per heavy atom. The Morgan fingerprint density at radius 3 is 2.32 bits per heavy atom. The van der Waals surface area contributed by atoms with Gasteiger partial charge in [0, 0.05) is 6.42 Å². The maximum Gasteiger partial charge on any atom is 0.261 e. The number of hydrogen-bond donors (Lipinski definition) is 0. The first-order valence-electron chi connectivity index (χ1n) is 7.60. The molecule has 5 heteroatoms. The van der Waals surface area contributed by atoms with Crippen LogP contribution in [0.4, 0.5) is 0 Å². The molecular weight excluding hydrogens is 282 g/mol. The molecule has 0 spiro atoms. The van der Waals surface area contributed by atoms with Crippen LogP contribution >= 0.6 is 0 Å². The standard InChI is InChI=1S/C17H19NO4/c1-10-9-14(11(2)22-15(10)7-8-19)18-16(20)12-5-3-4-6-13(12)17(18)21/h3-6,8,10-11,14-15H,7,9H2,1-2H3/t10-,11+,14+,15-/m0/s1. The lowest BCUT2D eigenvalue weighted by atomic mass is 9.88. The zero-order valence-corrected chi connectivity index (χ0v) is 12.7. The summed E-state index contributed by atoms with van der Waals surface area (Å²) in [6.07, 6.45) is 1.45. The smallest absolute Gasteiger partial charge is 0.261 e. The lowest BCUT2D eigenvalue weighted by Gasteiger charge is -2.41. The minimum absolute atomic E-state index is 0.121. The average molecular weight is 301 g/mol. The molecule has 2 amide bonds. The van der Waals surface area contributed by atoms with Gasteiger partial charge in [0.15, 0.2) is 0 Å². The summed E-state index contributed by atoms with van der Waals surface area (Å²) >= 11 is 0. The van der Waals surface area contributed by atoms with Gasteiger partial charge in [-0.1, -0.05) is 19.1 Å². The van der Waals surface area contributed by atoms with E-state index in [1.54, 1.807) is 24.3 Å². The summed E-state index contributed by atoms with van der Waals surface area (Å²) in [5.41, 5.74) is 0.921. The van der Waals surface area contributed by atoms with Crippen LogP contribution < -0.4 is 0 Å². The van der Waals surface area contributed by atoms with Crippen molar-refractivity contribution in [2.75, 3.05) is 0 Å². The van der Waals surface area contributed by atoms with E-state index in [-0.39, 0.29) is 36.0 Å². The highest BCUT2D eigenvalue weighted by Crippen LogP contribution is 2.34. The molecule has 116 valence electrons. The molecule has 0 radical (unpaired) electrons. The second-order valence-electron chi connectivity index (χ2n) is 6.09. The van der Waals surface area contributed by atoms with E-state index in [9.17, 15) is 14.4 Å². The zero-order chi connectivity index (χ0) is 15.9. The van der Waals surface area contributed by atoms with E-state index in [1.807, 2.05) is 13.8 Å². The molecule has 1 aromatic carbocycles. The van der Waals surface area contributed by atoms with Gasteiger partial charge < -0.3 is 9.53 Å². The molecule has 2 aliphatic rings. The van der Waals surface area contributed by atoms with Crippen molar-refractivity contribution in [2.45, 2.75) is 44.9 Å². The Balaban J connectivity index is 1.85. The average Bonchev–Trinajstić information content (AvgIpc) is 2.76. The van der Waals surface area contributed by atoms with Gasteiger partial charge in [0.05, 0.1) is 29.4 Å². The van der Waals surface area contributed by atoms with Crippen molar-refractivity contribution in [1.29, 1.82) is 0 Å². The first-order chi connectivity index (χ1) is 10.5. The third kappa shape index (κ3) is 2.25. The lowest BCUT2D eigenvalue weighted by Crippen LogP contribution is -2.53. The molecule has 0 unspecified atom stereocenters. The summed E-state index contributed by atoms with van der Waals surface area (Å²) in [6.45, 7) is 3.85. The number of hydrogen-bond acceptors (Lipinski definition) is 4. The van der Waals surface area contributed by atoms with Gasteiger partial charge in [0.25, 0.3) is 11.8 Å². The van der Waals surface area contributed by atoms with Gasteiger partial charge in [0.1, 0.15) is 6.29 Å². The predicted molar refractivity (Wildman–Crippen MR) is 79.5 cm³/mol. The summed E-state index contributed by atoms with van der Waals surface area (Å²) in [4.78, 5) is 37.2. The number of rotatable bonds is 3. The number of carbonyl (C=O) groups excluding carboxylic acids is 3. The molecule has 4 atom stereocenters. The van der Waals surface area contributed by atoms with E-state index < -0.39 is 0 Å². The van der Waals surface area contributed by atoms with Gasteiger partial charge in [-0.25, -0.2) is 0 Å². The fraction of sp³-hybridized carbons (Fsp3) is 0.471. The Bertz CT molecular complexity index is 592. The van der Waals surface area contributed by atoms with Crippen LogP contribution in [0.15, 0.2) is 24.3 Å². The van der Waals surface area contributed by atoms with E-state index in [1.165, 1.54) is 4.90 Å². The van der Waals surface area contributed by atoms with Crippen LogP contribution in [0.25, 0.3) is 0 Å². The fourth-order valence-corrected chi connectivity index (χ4v) is 3.43. The number of imide groups is 1. The minimum Gasteiger partial charge on any atom is -0.372 e. The predicted octanol–water partition coefficient (Wildman–Crippen LogP) is 2.05. The Hall–Kier alpha value is -2.01. The van der Waals surface area contributed by atoms with Gasteiger partial charge in [-0.2, -0.15) is 0 Å². The Kier molecular flexibility index (Phi) is 3.83. The van der Waals surface area contributed by atoms with Crippen molar-refractivity contribution in [3.05, 3.63) is 35.4 Å². The quantitative estimate of drug-likeness (QED) is 0.633. The van der Waals surface area contributed by atoms with Crippen molar-refractivity contribution in [1.82, 2.24) is 4.90 Å². The second kappa shape index (κ2) is 5.65. The number of carbonyl (C=O) groups is 3. The van der Waals surface area contributed by atoms with Crippen molar-refractivity contribution in [2.24, 2.45) is 5.92 Å². The van der Waals surface area contributed by atoms with Gasteiger partial charge in [-0.15, -0.1) is 0 Å². The van der Waals surface area contributed by atoms with E-state index in [0.29, 0.717) is 24.0 Å². The van der Waals surface area contributed by atoms with Crippen LogP contribution in [0.2, 0.25) is 0 Å². The van der Waals surface area contributed by atoms with Crippen LogP contribution in [0, 0.1) is 5.92 Å². The highest BCUT2D eigenvalue weighted by molar-refractivity contribution is 6.21. The van der Waals surface area contributed by atoms with E-state index in [4.69, 9.17) is 4.74 Å². The first-order valence-corrected chi connectivity index (χ1v) is 7.60. The van der Waals surface area contributed by atoms with Gasteiger partial charge in [-0.05, 0) is 31.4 Å². The highest BCUT2D eigenvalue weighted by Gasteiger charge is 2.45. The van der Waals surface area contributed by atoms with Gasteiger partial charge in [-0.3, -0.25) is 14.5 Å². The molecule has 2 aliphatic heterocycles. The zero-order valence-electron chi connectivity index (χ0n) is 12.7. The van der Waals surface area contributed by atoms with Crippen molar-refractivity contribution in [3.8, 4) is 0 Å². The van der Waals surface area contributed by atoms with Gasteiger partial charge >= 0.3 is 0 Å². The van der Waals surface area contributed by atoms with Gasteiger partial charge in [0.2, 0.25) is 0 Å². The molecule has 0 N–H and O–H groups in total. The monoisotopic (exact) mass is 301 g/mol. The Morgan fingerprint density at radius 2 is 1.77 bits per heavy atom. The Labute approximate surface area is 129 Å². The summed E-state index contributed by atoms with van der Waals surface area (Å²) in [5.74, 6) is -0.375. The maximum absolute atomic E-state index is 12.6. The number of benzene rings is 1. The van der Waals surface area contributed by atoms with Crippen LogP contribution in [0.1, 0.15) is 47.4 Å². The number of ether oxygens (including phenoxy) is 1. The lowest BCUT2D eigenvalue weighted by molar-refractivity contribution is -0.124. The highest BCUT2D eigenvalue weighted by atomic mass is 16.5. The van der Waals surface area contributed by atoms with Crippen molar-refractivity contribution >= 4 is 18.1 Å². The van der Waals surface area contributed by atoms with E-state index in [0.717, 1.165) is 6.29 Å². The summed E-state index contributed by atoms with van der Waals surface area (Å²) in [7, 11) is 0. The molecule has 0 aliphatic carbocycles. The number of nitrogens with zero attached hydrogens (tertiary/aromatic N) is 1. The molecule has 0 bridgehead atoms. The number of aldehydes is 1. The fourth-order valence-electron chi connectivity index (χ4n) is 3.43. The molecule has 0 aromatic heterocycles. The summed E-state index contributed by atoms with van der Waals surface area (Å²) in [5, 5.41) is 0. The number of amides is 2. The minimum atomic E-state index is -0.287. The molecule has 22 heavy (non-hydrogen) atoms.